The lowest BCUT2D eigenvalue weighted by Gasteiger charge is -2.12. The van der Waals surface area contributed by atoms with E-state index in [1.54, 1.807) is 12.3 Å². The molecule has 22 heavy (non-hydrogen) atoms. The smallest absolute Gasteiger partial charge is 0.270 e. The van der Waals surface area contributed by atoms with Gasteiger partial charge < -0.3 is 9.88 Å². The number of aromatic nitrogens is 2. The van der Waals surface area contributed by atoms with Gasteiger partial charge in [0, 0.05) is 31.1 Å². The highest BCUT2D eigenvalue weighted by atomic mass is 16.6. The molecule has 0 fully saturated rings. The maximum Gasteiger partial charge on any atom is 0.270 e. The Morgan fingerprint density at radius 3 is 2.91 bits per heavy atom. The Morgan fingerprint density at radius 1 is 1.50 bits per heavy atom. The average molecular weight is 299 g/mol. The fraction of sp³-hybridized carbons (Fsp3) is 0.333. The average Bonchev–Trinajstić information content (AvgIpc) is 2.91. The molecule has 7 heteroatoms. The zero-order chi connectivity index (χ0) is 16.1. The Balaban J connectivity index is 2.14. The van der Waals surface area contributed by atoms with Crippen LogP contribution in [0.2, 0.25) is 0 Å². The van der Waals surface area contributed by atoms with Crippen molar-refractivity contribution in [1.82, 2.24) is 9.55 Å². The molecule has 0 aliphatic rings. The van der Waals surface area contributed by atoms with E-state index in [1.807, 2.05) is 12.3 Å². The van der Waals surface area contributed by atoms with Crippen molar-refractivity contribution in [3.8, 4) is 6.07 Å². The summed E-state index contributed by atoms with van der Waals surface area (Å²) in [6.07, 6.45) is 3.65. The number of nitriles is 1. The molecule has 0 saturated heterocycles. The van der Waals surface area contributed by atoms with Gasteiger partial charge in [0.25, 0.3) is 5.69 Å². The first-order valence-corrected chi connectivity index (χ1v) is 6.93. The molecule has 7 nitrogen and oxygen atoms in total. The predicted molar refractivity (Wildman–Crippen MR) is 82.2 cm³/mol. The van der Waals surface area contributed by atoms with E-state index < -0.39 is 4.92 Å². The highest BCUT2D eigenvalue weighted by Crippen LogP contribution is 2.21. The van der Waals surface area contributed by atoms with E-state index >= 15 is 0 Å². The number of hydrogen-bond donors (Lipinski definition) is 1. The molecule has 0 aliphatic carbocycles. The van der Waals surface area contributed by atoms with Crippen LogP contribution in [0.4, 0.5) is 11.4 Å². The van der Waals surface area contributed by atoms with Crippen molar-refractivity contribution in [3.63, 3.8) is 0 Å². The van der Waals surface area contributed by atoms with Gasteiger partial charge >= 0.3 is 0 Å². The normalized spacial score (nSPS) is 10.5. The molecule has 0 bridgehead atoms. The maximum absolute atomic E-state index is 10.7. The fourth-order valence-electron chi connectivity index (χ4n) is 2.13. The van der Waals surface area contributed by atoms with E-state index in [9.17, 15) is 10.1 Å². The molecule has 1 aromatic carbocycles. The zero-order valence-electron chi connectivity index (χ0n) is 12.5. The summed E-state index contributed by atoms with van der Waals surface area (Å²) in [6.45, 7) is 5.57. The van der Waals surface area contributed by atoms with Crippen molar-refractivity contribution in [2.75, 3.05) is 5.32 Å². The topological polar surface area (TPSA) is 96.8 Å². The summed E-state index contributed by atoms with van der Waals surface area (Å²) in [6, 6.07) is 6.17. The van der Waals surface area contributed by atoms with Crippen LogP contribution in [0.25, 0.3) is 0 Å². The van der Waals surface area contributed by atoms with Gasteiger partial charge in [-0.15, -0.1) is 0 Å². The van der Waals surface area contributed by atoms with Gasteiger partial charge in [0.2, 0.25) is 0 Å². The van der Waals surface area contributed by atoms with Crippen LogP contribution in [0, 0.1) is 27.4 Å². The first kappa shape index (κ1) is 15.5. The first-order chi connectivity index (χ1) is 10.5. The Morgan fingerprint density at radius 2 is 2.27 bits per heavy atom. The van der Waals surface area contributed by atoms with E-state index in [1.165, 1.54) is 12.1 Å². The molecule has 2 rings (SSSR count). The molecule has 0 atom stereocenters. The van der Waals surface area contributed by atoms with E-state index in [-0.39, 0.29) is 11.3 Å². The zero-order valence-corrected chi connectivity index (χ0v) is 12.5. The molecule has 0 aliphatic heterocycles. The molecule has 0 unspecified atom stereocenters. The van der Waals surface area contributed by atoms with Crippen LogP contribution in [-0.4, -0.2) is 14.5 Å². The second kappa shape index (κ2) is 6.72. The Bertz CT molecular complexity index is 715. The number of nitro benzene ring substituents is 1. The van der Waals surface area contributed by atoms with E-state index in [0.29, 0.717) is 18.2 Å². The van der Waals surface area contributed by atoms with Crippen LogP contribution in [0.5, 0.6) is 0 Å². The SMILES string of the molecule is CC(C)Cn1ccnc1CNc1ccc([N+](=O)[O-])cc1C#N. The largest absolute Gasteiger partial charge is 0.377 e. The number of non-ortho nitro benzene ring substituents is 1. The number of nitro groups is 1. The summed E-state index contributed by atoms with van der Waals surface area (Å²) in [7, 11) is 0. The predicted octanol–water partition coefficient (Wildman–Crippen LogP) is 2.93. The number of benzene rings is 1. The van der Waals surface area contributed by atoms with E-state index in [2.05, 4.69) is 28.7 Å². The van der Waals surface area contributed by atoms with Crippen molar-refractivity contribution in [1.29, 1.82) is 5.26 Å². The van der Waals surface area contributed by atoms with E-state index in [0.717, 1.165) is 12.4 Å². The molecular formula is C15H17N5O2. The second-order valence-electron chi connectivity index (χ2n) is 5.34. The molecule has 114 valence electrons. The summed E-state index contributed by atoms with van der Waals surface area (Å²) in [5.41, 5.74) is 0.715. The van der Waals surface area contributed by atoms with Gasteiger partial charge in [0.1, 0.15) is 11.9 Å². The number of rotatable bonds is 6. The van der Waals surface area contributed by atoms with Gasteiger partial charge in [-0.05, 0) is 12.0 Å². The summed E-state index contributed by atoms with van der Waals surface area (Å²) >= 11 is 0. The third kappa shape index (κ3) is 3.61. The molecular weight excluding hydrogens is 282 g/mol. The lowest BCUT2D eigenvalue weighted by atomic mass is 10.1. The van der Waals surface area contributed by atoms with Crippen molar-refractivity contribution < 1.29 is 4.92 Å². The molecule has 0 saturated carbocycles. The summed E-state index contributed by atoms with van der Waals surface area (Å²) < 4.78 is 2.05. The number of anilines is 1. The minimum Gasteiger partial charge on any atom is -0.377 e. The first-order valence-electron chi connectivity index (χ1n) is 6.93. The number of imidazole rings is 1. The Labute approximate surface area is 128 Å². The Kier molecular flexibility index (Phi) is 4.73. The number of nitrogens with zero attached hydrogens (tertiary/aromatic N) is 4. The van der Waals surface area contributed by atoms with Crippen LogP contribution >= 0.6 is 0 Å². The van der Waals surface area contributed by atoms with Gasteiger partial charge in [-0.1, -0.05) is 13.8 Å². The molecule has 1 N–H and O–H groups in total. The van der Waals surface area contributed by atoms with E-state index in [4.69, 9.17) is 5.26 Å². The Hall–Kier alpha value is -2.88. The van der Waals surface area contributed by atoms with Gasteiger partial charge in [0.15, 0.2) is 0 Å². The van der Waals surface area contributed by atoms with Gasteiger partial charge in [-0.2, -0.15) is 5.26 Å². The van der Waals surface area contributed by atoms with Crippen molar-refractivity contribution in [2.24, 2.45) is 5.92 Å². The minimum absolute atomic E-state index is 0.0941. The van der Waals surface area contributed by atoms with Crippen LogP contribution in [0.1, 0.15) is 25.2 Å². The summed E-state index contributed by atoms with van der Waals surface area (Å²) in [5, 5.41) is 23.0. The van der Waals surface area contributed by atoms with Gasteiger partial charge in [-0.3, -0.25) is 10.1 Å². The van der Waals surface area contributed by atoms with Crippen LogP contribution in [0.15, 0.2) is 30.6 Å². The highest BCUT2D eigenvalue weighted by Gasteiger charge is 2.11. The lowest BCUT2D eigenvalue weighted by molar-refractivity contribution is -0.384. The third-order valence-electron chi connectivity index (χ3n) is 3.13. The standard InChI is InChI=1S/C15H17N5O2/c1-11(2)10-19-6-5-17-15(19)9-18-14-4-3-13(20(21)22)7-12(14)8-16/h3-7,11,18H,9-10H2,1-2H3. The minimum atomic E-state index is -0.514. The molecule has 1 aromatic heterocycles. The van der Waals surface area contributed by atoms with Crippen molar-refractivity contribution >= 4 is 11.4 Å². The quantitative estimate of drug-likeness (QED) is 0.653. The highest BCUT2D eigenvalue weighted by molar-refractivity contribution is 5.61. The monoisotopic (exact) mass is 299 g/mol. The van der Waals surface area contributed by atoms with Crippen LogP contribution in [0.3, 0.4) is 0 Å². The van der Waals surface area contributed by atoms with Crippen LogP contribution in [-0.2, 0) is 13.1 Å². The summed E-state index contributed by atoms with van der Waals surface area (Å²) in [5.74, 6) is 1.36. The summed E-state index contributed by atoms with van der Waals surface area (Å²) in [4.78, 5) is 14.5. The molecule has 0 amide bonds. The lowest BCUT2D eigenvalue weighted by Crippen LogP contribution is -2.12. The molecule has 2 aromatic rings. The maximum atomic E-state index is 10.7. The fourth-order valence-corrected chi connectivity index (χ4v) is 2.13. The van der Waals surface area contributed by atoms with Crippen molar-refractivity contribution in [3.05, 3.63) is 52.1 Å². The number of hydrogen-bond acceptors (Lipinski definition) is 5. The van der Waals surface area contributed by atoms with Crippen molar-refractivity contribution in [2.45, 2.75) is 26.9 Å². The second-order valence-corrected chi connectivity index (χ2v) is 5.34. The molecule has 1 heterocycles. The molecule has 0 radical (unpaired) electrons. The molecule has 0 spiro atoms. The van der Waals surface area contributed by atoms with Crippen LogP contribution < -0.4 is 5.32 Å². The number of nitrogens with one attached hydrogen (secondary N) is 1. The van der Waals surface area contributed by atoms with Gasteiger partial charge in [-0.25, -0.2) is 4.98 Å². The van der Waals surface area contributed by atoms with Gasteiger partial charge in [0.05, 0.1) is 22.7 Å². The third-order valence-corrected chi connectivity index (χ3v) is 3.13.